The third-order valence-electron chi connectivity index (χ3n) is 2.86. The molecule has 5 heteroatoms. The first kappa shape index (κ1) is 14.4. The van der Waals surface area contributed by atoms with Crippen molar-refractivity contribution in [2.75, 3.05) is 7.11 Å². The van der Waals surface area contributed by atoms with Gasteiger partial charge in [-0.3, -0.25) is 4.79 Å². The molecule has 0 aliphatic rings. The standard InChI is InChI=1S/C16H14N3O2/c1-21-15-9-2-12(3-10-15)4-11-16(20)13-5-7-14(8-6-13)18-19-17/h2-11,17H,1H3/q+1. The number of allylic oxidation sites excluding steroid dienone is 1. The van der Waals surface area contributed by atoms with Crippen LogP contribution in [0, 0.1) is 5.53 Å². The summed E-state index contributed by atoms with van der Waals surface area (Å²) in [5.41, 5.74) is 8.66. The third-order valence-corrected chi connectivity index (χ3v) is 2.86. The summed E-state index contributed by atoms with van der Waals surface area (Å²) in [6.45, 7) is 0. The van der Waals surface area contributed by atoms with E-state index in [4.69, 9.17) is 10.3 Å². The van der Waals surface area contributed by atoms with Crippen LogP contribution in [0.1, 0.15) is 15.9 Å². The number of ketones is 1. The summed E-state index contributed by atoms with van der Waals surface area (Å²) in [6.07, 6.45) is 3.27. The van der Waals surface area contributed by atoms with Gasteiger partial charge in [0, 0.05) is 5.56 Å². The second-order valence-electron chi connectivity index (χ2n) is 4.22. The van der Waals surface area contributed by atoms with Crippen LogP contribution in [0.25, 0.3) is 6.08 Å². The Labute approximate surface area is 122 Å². The maximum atomic E-state index is 12.0. The van der Waals surface area contributed by atoms with Crippen molar-refractivity contribution in [3.63, 3.8) is 0 Å². The molecule has 0 aromatic heterocycles. The van der Waals surface area contributed by atoms with E-state index in [0.29, 0.717) is 11.3 Å². The number of ether oxygens (including phenoxy) is 1. The highest BCUT2D eigenvalue weighted by Crippen LogP contribution is 2.15. The minimum Gasteiger partial charge on any atom is -0.497 e. The smallest absolute Gasteiger partial charge is 0.220 e. The van der Waals surface area contributed by atoms with E-state index in [0.717, 1.165) is 11.3 Å². The average Bonchev–Trinajstić information content (AvgIpc) is 2.54. The SMILES string of the molecule is COc1ccc(C=CC(=O)c2ccc(N=[N+]=N)cc2)cc1. The largest absolute Gasteiger partial charge is 0.497 e. The van der Waals surface area contributed by atoms with Gasteiger partial charge in [0.2, 0.25) is 4.91 Å². The minimum atomic E-state index is -0.0971. The number of nitrogens with zero attached hydrogens (tertiary/aromatic N) is 2. The number of hydrogen-bond donors (Lipinski definition) is 1. The zero-order valence-electron chi connectivity index (χ0n) is 11.5. The van der Waals surface area contributed by atoms with E-state index < -0.39 is 0 Å². The van der Waals surface area contributed by atoms with Crippen LogP contribution in [-0.4, -0.2) is 12.9 Å². The van der Waals surface area contributed by atoms with E-state index in [2.05, 4.69) is 10.0 Å². The highest BCUT2D eigenvalue weighted by molar-refractivity contribution is 6.06. The molecule has 0 heterocycles. The van der Waals surface area contributed by atoms with Gasteiger partial charge in [-0.05, 0) is 48.0 Å². The molecule has 2 rings (SSSR count). The lowest BCUT2D eigenvalue weighted by Gasteiger charge is -1.99. The normalized spacial score (nSPS) is 10.1. The van der Waals surface area contributed by atoms with Crippen molar-refractivity contribution in [3.05, 3.63) is 65.7 Å². The lowest BCUT2D eigenvalue weighted by Crippen LogP contribution is -1.93. The molecule has 0 fully saturated rings. The molecule has 1 N–H and O–H groups in total. The van der Waals surface area contributed by atoms with Gasteiger partial charge in [0.15, 0.2) is 16.6 Å². The maximum absolute atomic E-state index is 12.0. The molecule has 5 nitrogen and oxygen atoms in total. The molecule has 0 bridgehead atoms. The van der Waals surface area contributed by atoms with Crippen LogP contribution in [0.2, 0.25) is 0 Å². The highest BCUT2D eigenvalue weighted by Gasteiger charge is 2.03. The molecule has 0 atom stereocenters. The molecule has 0 aliphatic carbocycles. The Kier molecular flexibility index (Phi) is 4.75. The minimum absolute atomic E-state index is 0.0971. The van der Waals surface area contributed by atoms with Crippen LogP contribution in [0.3, 0.4) is 0 Å². The number of hydrogen-bond acceptors (Lipinski definition) is 4. The first-order chi connectivity index (χ1) is 10.2. The summed E-state index contributed by atoms with van der Waals surface area (Å²) >= 11 is 0. The highest BCUT2D eigenvalue weighted by atomic mass is 16.5. The van der Waals surface area contributed by atoms with Crippen LogP contribution in [0.15, 0.2) is 59.7 Å². The average molecular weight is 280 g/mol. The van der Waals surface area contributed by atoms with Gasteiger partial charge in [-0.1, -0.05) is 18.2 Å². The van der Waals surface area contributed by atoms with Gasteiger partial charge >= 0.3 is 0 Å². The topological polar surface area (TPSA) is 76.6 Å². The van der Waals surface area contributed by atoms with Crippen molar-refractivity contribution in [3.8, 4) is 5.75 Å². The molecule has 0 aliphatic heterocycles. The predicted molar refractivity (Wildman–Crippen MR) is 79.7 cm³/mol. The van der Waals surface area contributed by atoms with Gasteiger partial charge in [-0.15, -0.1) is 0 Å². The van der Waals surface area contributed by atoms with Crippen LogP contribution in [-0.2, 0) is 0 Å². The molecule has 0 radical (unpaired) electrons. The first-order valence-corrected chi connectivity index (χ1v) is 6.27. The third kappa shape index (κ3) is 3.96. The van der Waals surface area contributed by atoms with E-state index in [-0.39, 0.29) is 5.78 Å². The Morgan fingerprint density at radius 3 is 2.38 bits per heavy atom. The maximum Gasteiger partial charge on any atom is 0.220 e. The summed E-state index contributed by atoms with van der Waals surface area (Å²) in [7, 11) is 1.61. The second kappa shape index (κ2) is 6.93. The van der Waals surface area contributed by atoms with Gasteiger partial charge in [-0.25, -0.2) is 0 Å². The van der Waals surface area contributed by atoms with Gasteiger partial charge in [-0.2, -0.15) is 0 Å². The molecule has 0 amide bonds. The number of benzene rings is 2. The summed E-state index contributed by atoms with van der Waals surface area (Å²) in [5, 5.41) is 3.57. The van der Waals surface area contributed by atoms with Gasteiger partial charge < -0.3 is 4.74 Å². The summed E-state index contributed by atoms with van der Waals surface area (Å²) < 4.78 is 5.07. The lowest BCUT2D eigenvalue weighted by molar-refractivity contribution is 0.104. The first-order valence-electron chi connectivity index (χ1n) is 6.27. The Hall–Kier alpha value is -3.04. The molecule has 2 aromatic carbocycles. The van der Waals surface area contributed by atoms with Crippen LogP contribution < -0.4 is 9.65 Å². The van der Waals surface area contributed by atoms with Gasteiger partial charge in [0.1, 0.15) is 11.3 Å². The molecule has 2 aromatic rings. The zero-order valence-corrected chi connectivity index (χ0v) is 11.5. The molecule has 0 unspecified atom stereocenters. The molecule has 21 heavy (non-hydrogen) atoms. The molecule has 104 valence electrons. The van der Waals surface area contributed by atoms with Crippen molar-refractivity contribution >= 4 is 17.5 Å². The zero-order chi connectivity index (χ0) is 15.1. The van der Waals surface area contributed by atoms with E-state index >= 15 is 0 Å². The van der Waals surface area contributed by atoms with Crippen molar-refractivity contribution in [2.45, 2.75) is 0 Å². The molecule has 0 saturated carbocycles. The quantitative estimate of drug-likeness (QED) is 0.391. The number of nitrogens with one attached hydrogen (secondary N) is 1. The predicted octanol–water partition coefficient (Wildman–Crippen LogP) is 3.77. The molecular weight excluding hydrogens is 266 g/mol. The Bertz CT molecular complexity index is 697. The Balaban J connectivity index is 2.08. The fourth-order valence-corrected chi connectivity index (χ4v) is 1.73. The number of rotatable bonds is 5. The van der Waals surface area contributed by atoms with Crippen LogP contribution in [0.5, 0.6) is 5.75 Å². The fourth-order valence-electron chi connectivity index (χ4n) is 1.73. The Morgan fingerprint density at radius 1 is 1.14 bits per heavy atom. The van der Waals surface area contributed by atoms with Crippen LogP contribution in [0.4, 0.5) is 5.69 Å². The van der Waals surface area contributed by atoms with Gasteiger partial charge in [0.05, 0.1) is 7.11 Å². The second-order valence-corrected chi connectivity index (χ2v) is 4.22. The van der Waals surface area contributed by atoms with Crippen molar-refractivity contribution < 1.29 is 9.53 Å². The molecule has 0 spiro atoms. The summed E-state index contributed by atoms with van der Waals surface area (Å²) in [4.78, 5) is 14.9. The van der Waals surface area contributed by atoms with E-state index in [1.54, 1.807) is 37.5 Å². The lowest BCUT2D eigenvalue weighted by atomic mass is 10.1. The molecule has 0 saturated heterocycles. The molecular formula is C16H14N3O2+. The fraction of sp³-hybridized carbons (Fsp3) is 0.0625. The van der Waals surface area contributed by atoms with Gasteiger partial charge in [0.25, 0.3) is 0 Å². The van der Waals surface area contributed by atoms with Crippen LogP contribution >= 0.6 is 0 Å². The Morgan fingerprint density at radius 2 is 1.81 bits per heavy atom. The summed E-state index contributed by atoms with van der Waals surface area (Å²) in [6, 6.07) is 14.0. The number of carbonyl (C=O) groups excluding carboxylic acids is 1. The van der Waals surface area contributed by atoms with Crippen molar-refractivity contribution in [1.29, 1.82) is 5.53 Å². The number of methoxy groups -OCH3 is 1. The number of carbonyl (C=O) groups is 1. The van der Waals surface area contributed by atoms with E-state index in [1.807, 2.05) is 24.3 Å². The van der Waals surface area contributed by atoms with E-state index in [9.17, 15) is 4.79 Å². The van der Waals surface area contributed by atoms with Crippen molar-refractivity contribution in [1.82, 2.24) is 4.91 Å². The summed E-state index contributed by atoms with van der Waals surface area (Å²) in [5.74, 6) is 0.679. The monoisotopic (exact) mass is 280 g/mol. The van der Waals surface area contributed by atoms with Crippen molar-refractivity contribution in [2.24, 2.45) is 5.11 Å². The van der Waals surface area contributed by atoms with E-state index in [1.165, 1.54) is 6.08 Å².